The lowest BCUT2D eigenvalue weighted by Crippen LogP contribution is -1.92. The van der Waals surface area contributed by atoms with E-state index in [0.717, 1.165) is 10.0 Å². The van der Waals surface area contributed by atoms with Crippen molar-refractivity contribution in [2.75, 3.05) is 0 Å². The second-order valence-electron chi connectivity index (χ2n) is 2.98. The molecule has 5 heteroatoms. The van der Waals surface area contributed by atoms with E-state index in [1.165, 1.54) is 0 Å². The molecule has 76 valence electrons. The zero-order chi connectivity index (χ0) is 10.7. The summed E-state index contributed by atoms with van der Waals surface area (Å²) >= 11 is 3.30. The number of aryl methyl sites for hydroxylation is 1. The van der Waals surface area contributed by atoms with Crippen LogP contribution in [0.3, 0.4) is 0 Å². The van der Waals surface area contributed by atoms with Crippen molar-refractivity contribution in [2.24, 2.45) is 0 Å². The lowest BCUT2D eigenvalue weighted by Gasteiger charge is -2.02. The number of pyridine rings is 1. The molecule has 4 nitrogen and oxygen atoms in total. The minimum Gasteiger partial charge on any atom is -0.423 e. The number of ether oxygens (including phenoxy) is 1. The molecule has 2 rings (SSSR count). The highest BCUT2D eigenvalue weighted by Crippen LogP contribution is 2.19. The van der Waals surface area contributed by atoms with Crippen LogP contribution in [0.25, 0.3) is 0 Å². The highest BCUT2D eigenvalue weighted by Gasteiger charge is 2.00. The number of rotatable bonds is 2. The topological polar surface area (TPSA) is 47.9 Å². The van der Waals surface area contributed by atoms with Crippen LogP contribution in [0.1, 0.15) is 5.56 Å². The minimum atomic E-state index is 0.320. The van der Waals surface area contributed by atoms with E-state index in [2.05, 4.69) is 30.9 Å². The summed E-state index contributed by atoms with van der Waals surface area (Å²) in [5, 5.41) is 0. The molecule has 0 unspecified atom stereocenters. The van der Waals surface area contributed by atoms with E-state index in [1.807, 2.05) is 6.92 Å². The van der Waals surface area contributed by atoms with E-state index in [-0.39, 0.29) is 0 Å². The third-order valence-corrected chi connectivity index (χ3v) is 2.08. The van der Waals surface area contributed by atoms with Gasteiger partial charge in [0, 0.05) is 23.1 Å². The Morgan fingerprint density at radius 2 is 1.87 bits per heavy atom. The normalized spacial score (nSPS) is 10.0. The molecule has 0 fully saturated rings. The second kappa shape index (κ2) is 4.35. The van der Waals surface area contributed by atoms with Crippen LogP contribution < -0.4 is 4.74 Å². The highest BCUT2D eigenvalue weighted by atomic mass is 79.9. The van der Waals surface area contributed by atoms with E-state index in [1.54, 1.807) is 30.9 Å². The maximum absolute atomic E-state index is 5.40. The highest BCUT2D eigenvalue weighted by molar-refractivity contribution is 9.10. The van der Waals surface area contributed by atoms with Crippen molar-refractivity contribution in [2.45, 2.75) is 6.92 Å². The molecule has 2 aromatic heterocycles. The molecule has 2 heterocycles. The van der Waals surface area contributed by atoms with Crippen LogP contribution in [0.15, 0.2) is 35.3 Å². The molecule has 0 spiro atoms. The van der Waals surface area contributed by atoms with Gasteiger partial charge in [-0.15, -0.1) is 0 Å². The zero-order valence-electron chi connectivity index (χ0n) is 8.01. The summed E-state index contributed by atoms with van der Waals surface area (Å²) < 4.78 is 6.25. The van der Waals surface area contributed by atoms with Crippen LogP contribution >= 0.6 is 15.9 Å². The fourth-order valence-corrected chi connectivity index (χ4v) is 1.33. The van der Waals surface area contributed by atoms with Gasteiger partial charge < -0.3 is 4.74 Å². The summed E-state index contributed by atoms with van der Waals surface area (Å²) in [7, 11) is 0. The summed E-state index contributed by atoms with van der Waals surface area (Å²) in [4.78, 5) is 12.0. The number of nitrogens with zero attached hydrogens (tertiary/aromatic N) is 3. The molecule has 0 atom stereocenters. The maximum atomic E-state index is 5.40. The number of hydrogen-bond donors (Lipinski definition) is 0. The Morgan fingerprint density at radius 1 is 1.13 bits per heavy atom. The Morgan fingerprint density at radius 3 is 2.53 bits per heavy atom. The lowest BCUT2D eigenvalue weighted by atomic mass is 10.4. The first-order chi connectivity index (χ1) is 7.24. The van der Waals surface area contributed by atoms with Gasteiger partial charge in [0.2, 0.25) is 0 Å². The molecule has 0 N–H and O–H groups in total. The van der Waals surface area contributed by atoms with Gasteiger partial charge >= 0.3 is 6.01 Å². The first-order valence-corrected chi connectivity index (χ1v) is 5.10. The third-order valence-electron chi connectivity index (χ3n) is 1.65. The third kappa shape index (κ3) is 2.73. The van der Waals surface area contributed by atoms with Gasteiger partial charge in [0.25, 0.3) is 0 Å². The van der Waals surface area contributed by atoms with Crippen molar-refractivity contribution in [1.29, 1.82) is 0 Å². The van der Waals surface area contributed by atoms with E-state index in [0.29, 0.717) is 11.8 Å². The monoisotopic (exact) mass is 265 g/mol. The number of halogens is 1. The quantitative estimate of drug-likeness (QED) is 0.838. The second-order valence-corrected chi connectivity index (χ2v) is 3.90. The maximum Gasteiger partial charge on any atom is 0.321 e. The Bertz CT molecular complexity index is 458. The molecule has 0 aliphatic rings. The Labute approximate surface area is 95.5 Å². The molecule has 2 aromatic rings. The van der Waals surface area contributed by atoms with E-state index < -0.39 is 0 Å². The molecular weight excluding hydrogens is 258 g/mol. The van der Waals surface area contributed by atoms with Crippen LogP contribution in [0, 0.1) is 6.92 Å². The number of hydrogen-bond acceptors (Lipinski definition) is 4. The predicted molar refractivity (Wildman–Crippen MR) is 58.8 cm³/mol. The number of aromatic nitrogens is 3. The average Bonchev–Trinajstić information content (AvgIpc) is 2.22. The molecule has 0 radical (unpaired) electrons. The average molecular weight is 266 g/mol. The molecule has 0 saturated heterocycles. The molecule has 0 aliphatic heterocycles. The fraction of sp³-hybridized carbons (Fsp3) is 0.100. The first kappa shape index (κ1) is 10.0. The van der Waals surface area contributed by atoms with E-state index in [4.69, 9.17) is 4.74 Å². The van der Waals surface area contributed by atoms with Gasteiger partial charge in [-0.1, -0.05) is 0 Å². The summed E-state index contributed by atoms with van der Waals surface area (Å²) in [6.45, 7) is 1.92. The Kier molecular flexibility index (Phi) is 2.91. The Balaban J connectivity index is 2.18. The lowest BCUT2D eigenvalue weighted by molar-refractivity contribution is 0.439. The van der Waals surface area contributed by atoms with Crippen LogP contribution in [-0.4, -0.2) is 15.0 Å². The van der Waals surface area contributed by atoms with Gasteiger partial charge in [0.1, 0.15) is 0 Å². The summed E-state index contributed by atoms with van der Waals surface area (Å²) in [5.74, 6) is 0.605. The standard InChI is InChI=1S/C10H8BrN3O/c1-7-3-13-10(14-4-7)15-9-2-8(11)5-12-6-9/h2-6H,1H3. The molecule has 0 aliphatic carbocycles. The molecule has 15 heavy (non-hydrogen) atoms. The van der Waals surface area contributed by atoms with Gasteiger partial charge in [-0.2, -0.15) is 0 Å². The molecule has 0 aromatic carbocycles. The van der Waals surface area contributed by atoms with Crippen molar-refractivity contribution >= 4 is 15.9 Å². The van der Waals surface area contributed by atoms with Crippen LogP contribution in [0.5, 0.6) is 11.8 Å². The summed E-state index contributed by atoms with van der Waals surface area (Å²) in [6, 6.07) is 2.12. The van der Waals surface area contributed by atoms with E-state index >= 15 is 0 Å². The van der Waals surface area contributed by atoms with Crippen LogP contribution in [-0.2, 0) is 0 Å². The van der Waals surface area contributed by atoms with Crippen LogP contribution in [0.2, 0.25) is 0 Å². The van der Waals surface area contributed by atoms with Crippen molar-refractivity contribution in [1.82, 2.24) is 15.0 Å². The Hall–Kier alpha value is -1.49. The summed E-state index contributed by atoms with van der Waals surface area (Å²) in [6.07, 6.45) is 6.69. The SMILES string of the molecule is Cc1cnc(Oc2cncc(Br)c2)nc1. The molecule has 0 saturated carbocycles. The smallest absolute Gasteiger partial charge is 0.321 e. The predicted octanol–water partition coefficient (Wildman–Crippen LogP) is 2.73. The van der Waals surface area contributed by atoms with E-state index in [9.17, 15) is 0 Å². The van der Waals surface area contributed by atoms with Crippen molar-refractivity contribution in [3.8, 4) is 11.8 Å². The van der Waals surface area contributed by atoms with Gasteiger partial charge in [-0.25, -0.2) is 9.97 Å². The van der Waals surface area contributed by atoms with Crippen LogP contribution in [0.4, 0.5) is 0 Å². The van der Waals surface area contributed by atoms with Gasteiger partial charge in [0.05, 0.1) is 6.20 Å². The largest absolute Gasteiger partial charge is 0.423 e. The fourth-order valence-electron chi connectivity index (χ4n) is 0.987. The van der Waals surface area contributed by atoms with Gasteiger partial charge in [-0.3, -0.25) is 4.98 Å². The zero-order valence-corrected chi connectivity index (χ0v) is 9.60. The van der Waals surface area contributed by atoms with Crippen molar-refractivity contribution in [3.05, 3.63) is 40.9 Å². The molecule has 0 bridgehead atoms. The molecule has 0 amide bonds. The summed E-state index contributed by atoms with van der Waals surface area (Å²) in [5.41, 5.74) is 0.995. The van der Waals surface area contributed by atoms with Gasteiger partial charge in [0.15, 0.2) is 5.75 Å². The van der Waals surface area contributed by atoms with Gasteiger partial charge in [-0.05, 0) is 34.5 Å². The molecular formula is C10H8BrN3O. The minimum absolute atomic E-state index is 0.320. The van der Waals surface area contributed by atoms with Crippen molar-refractivity contribution in [3.63, 3.8) is 0 Å². The van der Waals surface area contributed by atoms with Crippen molar-refractivity contribution < 1.29 is 4.74 Å². The first-order valence-electron chi connectivity index (χ1n) is 4.31.